The molecule has 2 aromatic carbocycles. The van der Waals surface area contributed by atoms with Crippen LogP contribution in [-0.2, 0) is 0 Å². The Morgan fingerprint density at radius 2 is 1.50 bits per heavy atom. The quantitative estimate of drug-likeness (QED) is 0.759. The number of hydrogen-bond acceptors (Lipinski definition) is 1. The molecule has 0 amide bonds. The molecular weight excluding hydrogens is 221 g/mol. The summed E-state index contributed by atoms with van der Waals surface area (Å²) in [5, 5.41) is 8.34. The van der Waals surface area contributed by atoms with E-state index in [1.807, 2.05) is 0 Å². The molecule has 0 aliphatic heterocycles. The van der Waals surface area contributed by atoms with Gasteiger partial charge in [-0.3, -0.25) is 0 Å². The van der Waals surface area contributed by atoms with Crippen molar-refractivity contribution in [1.82, 2.24) is 0 Å². The summed E-state index contributed by atoms with van der Waals surface area (Å²) in [6.07, 6.45) is 0. The average Bonchev–Trinajstić information content (AvgIpc) is 2.26. The number of halogens is 3. The van der Waals surface area contributed by atoms with Gasteiger partial charge in [-0.05, 0) is 0 Å². The number of aromatic carboxylic acids is 1. The Morgan fingerprint density at radius 3 is 2.06 bits per heavy atom. The van der Waals surface area contributed by atoms with Crippen LogP contribution in [0.1, 0.15) is 10.4 Å². The summed E-state index contributed by atoms with van der Waals surface area (Å²) in [6, 6.07) is 5.25. The smallest absolute Gasteiger partial charge is 0.339 e. The van der Waals surface area contributed by atoms with Crippen LogP contribution in [0.25, 0.3) is 10.8 Å². The van der Waals surface area contributed by atoms with E-state index in [0.717, 1.165) is 0 Å². The molecule has 16 heavy (non-hydrogen) atoms. The number of carboxylic acids is 1. The first-order valence-electron chi connectivity index (χ1n) is 4.32. The van der Waals surface area contributed by atoms with Crippen LogP contribution in [0.3, 0.4) is 0 Å². The van der Waals surface area contributed by atoms with E-state index < -0.39 is 29.0 Å². The first kappa shape index (κ1) is 10.5. The molecule has 0 unspecified atom stereocenters. The van der Waals surface area contributed by atoms with E-state index in [1.54, 1.807) is 0 Å². The van der Waals surface area contributed by atoms with E-state index in [-0.39, 0.29) is 10.8 Å². The third-order valence-corrected chi connectivity index (χ3v) is 2.25. The molecule has 0 atom stereocenters. The van der Waals surface area contributed by atoms with Crippen molar-refractivity contribution in [3.63, 3.8) is 0 Å². The number of benzene rings is 2. The third kappa shape index (κ3) is 1.32. The van der Waals surface area contributed by atoms with Gasteiger partial charge in [-0.15, -0.1) is 0 Å². The zero-order chi connectivity index (χ0) is 11.9. The van der Waals surface area contributed by atoms with Crippen molar-refractivity contribution >= 4 is 16.7 Å². The SMILES string of the molecule is O=C(O)c1c(F)c(F)c(F)c2ccccc12. The fourth-order valence-corrected chi connectivity index (χ4v) is 1.54. The van der Waals surface area contributed by atoms with Gasteiger partial charge in [0.2, 0.25) is 0 Å². The molecule has 1 N–H and O–H groups in total. The summed E-state index contributed by atoms with van der Waals surface area (Å²) in [5.74, 6) is -6.45. The standard InChI is InChI=1S/C11H5F3O2/c12-8-6-4-2-1-3-5(6)7(11(15)16)9(13)10(8)14/h1-4H,(H,15,16). The molecular formula is C11H5F3O2. The molecule has 2 rings (SSSR count). The lowest BCUT2D eigenvalue weighted by Gasteiger charge is -2.06. The van der Waals surface area contributed by atoms with Gasteiger partial charge in [-0.2, -0.15) is 0 Å². The van der Waals surface area contributed by atoms with Gasteiger partial charge in [0.05, 0.1) is 0 Å². The second-order valence-electron chi connectivity index (χ2n) is 3.17. The van der Waals surface area contributed by atoms with Crippen molar-refractivity contribution in [3.8, 4) is 0 Å². The molecule has 0 bridgehead atoms. The zero-order valence-electron chi connectivity index (χ0n) is 7.80. The van der Waals surface area contributed by atoms with Crippen LogP contribution in [0.15, 0.2) is 24.3 Å². The highest BCUT2D eigenvalue weighted by molar-refractivity contribution is 6.04. The van der Waals surface area contributed by atoms with Gasteiger partial charge in [-0.1, -0.05) is 24.3 Å². The minimum atomic E-state index is -1.77. The summed E-state index contributed by atoms with van der Waals surface area (Å²) in [6.45, 7) is 0. The predicted octanol–water partition coefficient (Wildman–Crippen LogP) is 2.96. The highest BCUT2D eigenvalue weighted by Crippen LogP contribution is 2.27. The van der Waals surface area contributed by atoms with Gasteiger partial charge in [0.15, 0.2) is 17.5 Å². The number of carbonyl (C=O) groups is 1. The van der Waals surface area contributed by atoms with Crippen LogP contribution >= 0.6 is 0 Å². The molecule has 2 aromatic rings. The molecule has 0 aromatic heterocycles. The number of carboxylic acid groups (broad SMARTS) is 1. The van der Waals surface area contributed by atoms with Crippen LogP contribution < -0.4 is 0 Å². The lowest BCUT2D eigenvalue weighted by atomic mass is 10.0. The topological polar surface area (TPSA) is 37.3 Å². The van der Waals surface area contributed by atoms with Gasteiger partial charge < -0.3 is 5.11 Å². The summed E-state index contributed by atoms with van der Waals surface area (Å²) in [5.41, 5.74) is -0.852. The molecule has 82 valence electrons. The van der Waals surface area contributed by atoms with E-state index in [1.165, 1.54) is 24.3 Å². The Balaban J connectivity index is 3.04. The molecule has 0 radical (unpaired) electrons. The zero-order valence-corrected chi connectivity index (χ0v) is 7.80. The summed E-state index contributed by atoms with van der Waals surface area (Å²) < 4.78 is 39.6. The van der Waals surface area contributed by atoms with E-state index in [0.29, 0.717) is 0 Å². The first-order chi connectivity index (χ1) is 7.54. The Labute approximate surface area is 87.9 Å². The van der Waals surface area contributed by atoms with Crippen molar-refractivity contribution in [2.45, 2.75) is 0 Å². The first-order valence-corrected chi connectivity index (χ1v) is 4.32. The molecule has 5 heteroatoms. The van der Waals surface area contributed by atoms with Crippen molar-refractivity contribution in [3.05, 3.63) is 47.3 Å². The number of rotatable bonds is 1. The van der Waals surface area contributed by atoms with Crippen molar-refractivity contribution in [1.29, 1.82) is 0 Å². The maximum Gasteiger partial charge on any atom is 0.339 e. The van der Waals surface area contributed by atoms with E-state index in [4.69, 9.17) is 5.11 Å². The van der Waals surface area contributed by atoms with Gasteiger partial charge in [0.25, 0.3) is 0 Å². The normalized spacial score (nSPS) is 10.7. The highest BCUT2D eigenvalue weighted by atomic mass is 19.2. The Kier molecular flexibility index (Phi) is 2.30. The maximum absolute atomic E-state index is 13.3. The van der Waals surface area contributed by atoms with Crippen LogP contribution in [0.5, 0.6) is 0 Å². The molecule has 0 spiro atoms. The Morgan fingerprint density at radius 1 is 0.938 bits per heavy atom. The molecule has 0 aliphatic rings. The number of fused-ring (bicyclic) bond motifs is 1. The molecule has 0 fully saturated rings. The summed E-state index contributed by atoms with van der Waals surface area (Å²) in [4.78, 5) is 10.8. The minimum absolute atomic E-state index is 0.161. The van der Waals surface area contributed by atoms with Gasteiger partial charge in [-0.25, -0.2) is 18.0 Å². The number of hydrogen-bond donors (Lipinski definition) is 1. The lowest BCUT2D eigenvalue weighted by Crippen LogP contribution is -2.06. The lowest BCUT2D eigenvalue weighted by molar-refractivity contribution is 0.0693. The second-order valence-corrected chi connectivity index (χ2v) is 3.17. The van der Waals surface area contributed by atoms with Gasteiger partial charge >= 0.3 is 5.97 Å². The average molecular weight is 226 g/mol. The fraction of sp³-hybridized carbons (Fsp3) is 0. The highest BCUT2D eigenvalue weighted by Gasteiger charge is 2.23. The third-order valence-electron chi connectivity index (χ3n) is 2.25. The van der Waals surface area contributed by atoms with Gasteiger partial charge in [0, 0.05) is 10.8 Å². The van der Waals surface area contributed by atoms with E-state index in [9.17, 15) is 18.0 Å². The van der Waals surface area contributed by atoms with Crippen molar-refractivity contribution < 1.29 is 23.1 Å². The van der Waals surface area contributed by atoms with E-state index >= 15 is 0 Å². The van der Waals surface area contributed by atoms with E-state index in [2.05, 4.69) is 0 Å². The van der Waals surface area contributed by atoms with Crippen LogP contribution in [0.2, 0.25) is 0 Å². The van der Waals surface area contributed by atoms with Crippen LogP contribution in [0.4, 0.5) is 13.2 Å². The maximum atomic E-state index is 13.3. The van der Waals surface area contributed by atoms with Gasteiger partial charge in [0.1, 0.15) is 5.56 Å². The van der Waals surface area contributed by atoms with Crippen molar-refractivity contribution in [2.24, 2.45) is 0 Å². The molecule has 0 saturated heterocycles. The molecule has 2 nitrogen and oxygen atoms in total. The van der Waals surface area contributed by atoms with Crippen LogP contribution in [-0.4, -0.2) is 11.1 Å². The summed E-state index contributed by atoms with van der Waals surface area (Å²) in [7, 11) is 0. The molecule has 0 saturated carbocycles. The fourth-order valence-electron chi connectivity index (χ4n) is 1.54. The van der Waals surface area contributed by atoms with Crippen molar-refractivity contribution in [2.75, 3.05) is 0 Å². The molecule has 0 heterocycles. The minimum Gasteiger partial charge on any atom is -0.478 e. The molecule has 0 aliphatic carbocycles. The monoisotopic (exact) mass is 226 g/mol. The predicted molar refractivity (Wildman–Crippen MR) is 50.8 cm³/mol. The van der Waals surface area contributed by atoms with Crippen LogP contribution in [0, 0.1) is 17.5 Å². The largest absolute Gasteiger partial charge is 0.478 e. The Bertz CT molecular complexity index is 593. The summed E-state index contributed by atoms with van der Waals surface area (Å²) >= 11 is 0. The second kappa shape index (κ2) is 3.52. The Hall–Kier alpha value is -2.04.